The zero-order valence-corrected chi connectivity index (χ0v) is 21.6. The number of thiazole rings is 1. The van der Waals surface area contributed by atoms with Crippen LogP contribution in [0.5, 0.6) is 0 Å². The Morgan fingerprint density at radius 3 is 2.66 bits per heavy atom. The third-order valence-corrected chi connectivity index (χ3v) is 7.08. The number of benzene rings is 1. The van der Waals surface area contributed by atoms with Crippen LogP contribution >= 0.6 is 22.7 Å². The van der Waals surface area contributed by atoms with E-state index in [0.717, 1.165) is 38.6 Å². The first-order valence-corrected chi connectivity index (χ1v) is 13.5. The number of fused-ring (bicyclic) bond motifs is 1. The Bertz CT molecular complexity index is 1060. The Morgan fingerprint density at radius 2 is 1.91 bits per heavy atom. The van der Waals surface area contributed by atoms with Crippen LogP contribution in [0.25, 0.3) is 9.53 Å². The lowest BCUT2D eigenvalue weighted by atomic mass is 10.1. The van der Waals surface area contributed by atoms with Gasteiger partial charge in [-0.05, 0) is 24.6 Å². The lowest BCUT2D eigenvalue weighted by Gasteiger charge is -2.12. The molecule has 8 nitrogen and oxygen atoms in total. The van der Waals surface area contributed by atoms with Crippen molar-refractivity contribution in [2.24, 2.45) is 10.2 Å². The molecule has 0 amide bonds. The fourth-order valence-electron chi connectivity index (χ4n) is 3.20. The first-order valence-electron chi connectivity index (χ1n) is 11.8. The molecule has 1 atom stereocenters. The molecule has 0 aliphatic carbocycles. The molecular formula is C25H32N4O4S2. The molecule has 0 bridgehead atoms. The summed E-state index contributed by atoms with van der Waals surface area (Å²) >= 11 is 2.96. The van der Waals surface area contributed by atoms with E-state index >= 15 is 0 Å². The second-order valence-corrected chi connectivity index (χ2v) is 9.89. The van der Waals surface area contributed by atoms with Gasteiger partial charge in [0.25, 0.3) is 0 Å². The molecule has 3 aromatic rings. The molecule has 2 N–H and O–H groups in total. The third kappa shape index (κ3) is 9.14. The van der Waals surface area contributed by atoms with Crippen LogP contribution in [0.3, 0.4) is 0 Å². The maximum absolute atomic E-state index is 11.0. The summed E-state index contributed by atoms with van der Waals surface area (Å²) in [5.41, 5.74) is 1.40. The lowest BCUT2D eigenvalue weighted by Crippen LogP contribution is -2.11. The highest BCUT2D eigenvalue weighted by molar-refractivity contribution is 7.30. The van der Waals surface area contributed by atoms with E-state index in [0.29, 0.717) is 24.4 Å². The highest BCUT2D eigenvalue weighted by Gasteiger charge is 2.10. The fraction of sp³-hybridized carbons (Fsp3) is 0.440. The number of rotatable bonds is 16. The Balaban J connectivity index is 1.42. The number of carbonyl (C=O) groups excluding carboxylic acids is 1. The van der Waals surface area contributed by atoms with Gasteiger partial charge in [-0.1, -0.05) is 80.4 Å². The summed E-state index contributed by atoms with van der Waals surface area (Å²) in [6.45, 7) is 6.84. The summed E-state index contributed by atoms with van der Waals surface area (Å²) in [6, 6.07) is 9.17. The molecule has 1 unspecified atom stereocenters. The van der Waals surface area contributed by atoms with E-state index < -0.39 is 12.3 Å². The van der Waals surface area contributed by atoms with Gasteiger partial charge in [0.2, 0.25) is 0 Å². The van der Waals surface area contributed by atoms with Gasteiger partial charge in [-0.2, -0.15) is 0 Å². The number of aliphatic hydroxyl groups is 1. The lowest BCUT2D eigenvalue weighted by molar-refractivity contribution is -0.137. The van der Waals surface area contributed by atoms with Gasteiger partial charge in [0, 0.05) is 11.6 Å². The van der Waals surface area contributed by atoms with Crippen molar-refractivity contribution in [1.29, 1.82) is 0 Å². The topological polar surface area (TPSA) is 105 Å². The fourth-order valence-corrected chi connectivity index (χ4v) is 5.16. The van der Waals surface area contributed by atoms with Crippen molar-refractivity contribution in [2.75, 3.05) is 25.1 Å². The second kappa shape index (κ2) is 14.7. The predicted octanol–water partition coefficient (Wildman–Crippen LogP) is 7.28. The maximum Gasteiger partial charge on any atom is 0.330 e. The van der Waals surface area contributed by atoms with Crippen molar-refractivity contribution >= 4 is 54.0 Å². The Morgan fingerprint density at radius 1 is 1.14 bits per heavy atom. The number of aliphatic hydroxyl groups excluding tert-OH is 1. The normalized spacial score (nSPS) is 12.3. The second-order valence-electron chi connectivity index (χ2n) is 7.85. The molecule has 0 aliphatic heterocycles. The molecule has 2 heterocycles. The standard InChI is InChI=1S/C25H32N4O4S2/c1-3-5-6-7-8-9-15-33-24(31)18-10-12-19(13-11-18)28-29-21-17-20-23(35-21)27-25(34-20)26-14-16-32-22(30)4-2/h4,10-13,17,24,31H,2-3,5-9,14-16H2,1H3,(H,26,27). The van der Waals surface area contributed by atoms with Crippen LogP contribution in [0.2, 0.25) is 0 Å². The summed E-state index contributed by atoms with van der Waals surface area (Å²) in [7, 11) is 0. The van der Waals surface area contributed by atoms with Crippen molar-refractivity contribution in [2.45, 2.75) is 51.7 Å². The molecule has 35 heavy (non-hydrogen) atoms. The Labute approximate surface area is 213 Å². The number of unbranched alkanes of at least 4 members (excludes halogenated alkanes) is 5. The first kappa shape index (κ1) is 26.9. The van der Waals surface area contributed by atoms with Crippen molar-refractivity contribution in [1.82, 2.24) is 4.98 Å². The Kier molecular flexibility index (Phi) is 11.3. The van der Waals surface area contributed by atoms with Crippen molar-refractivity contribution in [3.63, 3.8) is 0 Å². The summed E-state index contributed by atoms with van der Waals surface area (Å²) in [4.78, 5) is 16.4. The van der Waals surface area contributed by atoms with Crippen LogP contribution in [0.1, 0.15) is 57.3 Å². The molecule has 0 fully saturated rings. The van der Waals surface area contributed by atoms with E-state index in [-0.39, 0.29) is 6.61 Å². The average molecular weight is 517 g/mol. The summed E-state index contributed by atoms with van der Waals surface area (Å²) in [5.74, 6) is -0.440. The highest BCUT2D eigenvalue weighted by atomic mass is 32.1. The molecule has 10 heteroatoms. The van der Waals surface area contributed by atoms with Crippen molar-refractivity contribution < 1.29 is 19.4 Å². The quantitative estimate of drug-likeness (QED) is 0.0681. The Hall–Kier alpha value is -2.66. The average Bonchev–Trinajstić information content (AvgIpc) is 3.43. The number of aromatic nitrogens is 1. The number of carbonyl (C=O) groups is 1. The number of esters is 1. The molecule has 0 radical (unpaired) electrons. The van der Waals surface area contributed by atoms with Crippen LogP contribution in [0, 0.1) is 0 Å². The number of hydrogen-bond acceptors (Lipinski definition) is 10. The van der Waals surface area contributed by atoms with E-state index in [4.69, 9.17) is 9.47 Å². The highest BCUT2D eigenvalue weighted by Crippen LogP contribution is 2.37. The number of nitrogens with zero attached hydrogens (tertiary/aromatic N) is 3. The van der Waals surface area contributed by atoms with Gasteiger partial charge in [-0.25, -0.2) is 9.78 Å². The van der Waals surface area contributed by atoms with Gasteiger partial charge >= 0.3 is 5.97 Å². The summed E-state index contributed by atoms with van der Waals surface area (Å²) in [6.07, 6.45) is 7.32. The molecule has 0 saturated heterocycles. The maximum atomic E-state index is 11.0. The van der Waals surface area contributed by atoms with E-state index in [9.17, 15) is 9.90 Å². The monoisotopic (exact) mass is 516 g/mol. The number of anilines is 1. The van der Waals surface area contributed by atoms with Crippen LogP contribution in [0.4, 0.5) is 15.8 Å². The predicted molar refractivity (Wildman–Crippen MR) is 142 cm³/mol. The SMILES string of the molecule is C=CC(=O)OCCNc1nc2sc(N=Nc3ccc(C(O)OCCCCCCCC)cc3)cc2s1. The molecule has 0 saturated carbocycles. The minimum atomic E-state index is -0.927. The van der Waals surface area contributed by atoms with Gasteiger partial charge in [0.15, 0.2) is 11.4 Å². The summed E-state index contributed by atoms with van der Waals surface area (Å²) < 4.78 is 11.5. The molecular weight excluding hydrogens is 484 g/mol. The largest absolute Gasteiger partial charge is 0.461 e. The zero-order chi connectivity index (χ0) is 24.9. The smallest absolute Gasteiger partial charge is 0.330 e. The molecule has 1 aromatic carbocycles. The minimum Gasteiger partial charge on any atom is -0.461 e. The van der Waals surface area contributed by atoms with E-state index in [1.807, 2.05) is 18.2 Å². The molecule has 0 spiro atoms. The van der Waals surface area contributed by atoms with Gasteiger partial charge < -0.3 is 19.9 Å². The number of thiophene rings is 1. The number of ether oxygens (including phenoxy) is 2. The van der Waals surface area contributed by atoms with Gasteiger partial charge in [0.1, 0.15) is 16.4 Å². The van der Waals surface area contributed by atoms with Gasteiger partial charge in [0.05, 0.1) is 23.5 Å². The van der Waals surface area contributed by atoms with Crippen LogP contribution in [0.15, 0.2) is 53.2 Å². The van der Waals surface area contributed by atoms with Crippen molar-refractivity contribution in [3.05, 3.63) is 48.6 Å². The minimum absolute atomic E-state index is 0.249. The molecule has 3 rings (SSSR count). The molecule has 0 aliphatic rings. The number of azo groups is 1. The van der Waals surface area contributed by atoms with E-state index in [1.54, 1.807) is 12.1 Å². The number of nitrogens with one attached hydrogen (secondary N) is 1. The number of hydrogen-bond donors (Lipinski definition) is 2. The third-order valence-electron chi connectivity index (χ3n) is 5.08. The van der Waals surface area contributed by atoms with Crippen LogP contribution < -0.4 is 5.32 Å². The van der Waals surface area contributed by atoms with E-state index in [1.165, 1.54) is 48.4 Å². The zero-order valence-electron chi connectivity index (χ0n) is 19.9. The summed E-state index contributed by atoms with van der Waals surface area (Å²) in [5, 5.41) is 23.5. The van der Waals surface area contributed by atoms with Gasteiger partial charge in [-0.3, -0.25) is 0 Å². The molecule has 2 aromatic heterocycles. The first-order chi connectivity index (χ1) is 17.1. The van der Waals surface area contributed by atoms with Crippen molar-refractivity contribution in [3.8, 4) is 0 Å². The van der Waals surface area contributed by atoms with E-state index in [2.05, 4.69) is 34.0 Å². The molecule has 188 valence electrons. The van der Waals surface area contributed by atoms with Crippen LogP contribution in [-0.4, -0.2) is 35.8 Å². The van der Waals surface area contributed by atoms with Gasteiger partial charge in [-0.15, -0.1) is 10.2 Å². The van der Waals surface area contributed by atoms with Crippen LogP contribution in [-0.2, 0) is 14.3 Å².